The number of likely N-dealkylation sites (tertiary alicyclic amines) is 1. The Hall–Kier alpha value is -1.97. The maximum atomic E-state index is 12.2. The lowest BCUT2D eigenvalue weighted by molar-refractivity contribution is -0.125. The van der Waals surface area contributed by atoms with E-state index in [1.807, 2.05) is 29.2 Å². The molecule has 1 aromatic carbocycles. The minimum Gasteiger partial charge on any atom is -0.497 e. The van der Waals surface area contributed by atoms with Crippen molar-refractivity contribution in [2.75, 3.05) is 27.3 Å². The highest BCUT2D eigenvalue weighted by atomic mass is 16.5. The molecule has 1 saturated heterocycles. The molecule has 4 heteroatoms. The molecule has 0 radical (unpaired) electrons. The number of rotatable bonds is 4. The van der Waals surface area contributed by atoms with Crippen LogP contribution in [0.15, 0.2) is 24.3 Å². The molecule has 0 aromatic heterocycles. The molecule has 1 fully saturated rings. The molecule has 2 rings (SSSR count). The molecule has 0 aliphatic carbocycles. The van der Waals surface area contributed by atoms with Crippen LogP contribution in [-0.4, -0.2) is 38.1 Å². The Bertz CT molecular complexity index is 481. The summed E-state index contributed by atoms with van der Waals surface area (Å²) < 4.78 is 10.5. The lowest BCUT2D eigenvalue weighted by Gasteiger charge is -2.18. The summed E-state index contributed by atoms with van der Waals surface area (Å²) in [6.45, 7) is 1.73. The standard InChI is InChI=1S/C17H23NO3/c1-20-15-11-14(12-16(13-15)21-2)7-8-17(19)18-9-5-3-4-6-10-18/h7-8,11-13H,3-6,9-10H2,1-2H3/b8-7+. The van der Waals surface area contributed by atoms with Crippen LogP contribution in [0, 0.1) is 0 Å². The largest absolute Gasteiger partial charge is 0.497 e. The predicted octanol–water partition coefficient (Wildman–Crippen LogP) is 3.12. The van der Waals surface area contributed by atoms with Crippen LogP contribution in [-0.2, 0) is 4.79 Å². The molecule has 0 bridgehead atoms. The van der Waals surface area contributed by atoms with E-state index < -0.39 is 0 Å². The third-order valence-corrected chi connectivity index (χ3v) is 3.71. The van der Waals surface area contributed by atoms with Gasteiger partial charge in [0.1, 0.15) is 11.5 Å². The number of carbonyl (C=O) groups is 1. The van der Waals surface area contributed by atoms with Crippen LogP contribution in [0.2, 0.25) is 0 Å². The van der Waals surface area contributed by atoms with Gasteiger partial charge in [0.25, 0.3) is 0 Å². The highest BCUT2D eigenvalue weighted by molar-refractivity contribution is 5.91. The third-order valence-electron chi connectivity index (χ3n) is 3.71. The topological polar surface area (TPSA) is 38.8 Å². The van der Waals surface area contributed by atoms with Gasteiger partial charge < -0.3 is 14.4 Å². The number of amides is 1. The average molecular weight is 289 g/mol. The first-order valence-corrected chi connectivity index (χ1v) is 7.43. The van der Waals surface area contributed by atoms with Crippen molar-refractivity contribution in [2.24, 2.45) is 0 Å². The number of hydrogen-bond acceptors (Lipinski definition) is 3. The van der Waals surface area contributed by atoms with E-state index >= 15 is 0 Å². The van der Waals surface area contributed by atoms with Crippen LogP contribution in [0.25, 0.3) is 6.08 Å². The first-order valence-electron chi connectivity index (χ1n) is 7.43. The lowest BCUT2D eigenvalue weighted by atomic mass is 10.2. The first-order chi connectivity index (χ1) is 10.2. The summed E-state index contributed by atoms with van der Waals surface area (Å²) in [7, 11) is 3.23. The predicted molar refractivity (Wildman–Crippen MR) is 83.6 cm³/mol. The second-order valence-electron chi connectivity index (χ2n) is 5.22. The van der Waals surface area contributed by atoms with E-state index in [2.05, 4.69) is 0 Å². The van der Waals surface area contributed by atoms with Crippen LogP contribution in [0.5, 0.6) is 11.5 Å². The van der Waals surface area contributed by atoms with Crippen molar-refractivity contribution in [3.05, 3.63) is 29.8 Å². The molecule has 0 unspecified atom stereocenters. The molecule has 1 aliphatic rings. The van der Waals surface area contributed by atoms with Gasteiger partial charge in [-0.15, -0.1) is 0 Å². The van der Waals surface area contributed by atoms with Crippen LogP contribution in [0.4, 0.5) is 0 Å². The van der Waals surface area contributed by atoms with E-state index in [0.29, 0.717) is 0 Å². The first kappa shape index (κ1) is 15.4. The maximum absolute atomic E-state index is 12.2. The molecule has 1 heterocycles. The van der Waals surface area contributed by atoms with Gasteiger partial charge in [-0.25, -0.2) is 0 Å². The molecule has 114 valence electrons. The number of methoxy groups -OCH3 is 2. The fourth-order valence-electron chi connectivity index (χ4n) is 2.49. The number of benzene rings is 1. The minimum absolute atomic E-state index is 0.0821. The van der Waals surface area contributed by atoms with Gasteiger partial charge in [-0.2, -0.15) is 0 Å². The van der Waals surface area contributed by atoms with Crippen molar-refractivity contribution in [1.29, 1.82) is 0 Å². The summed E-state index contributed by atoms with van der Waals surface area (Å²) in [5, 5.41) is 0. The van der Waals surface area contributed by atoms with Crippen LogP contribution in [0.3, 0.4) is 0 Å². The van der Waals surface area contributed by atoms with Crippen molar-refractivity contribution >= 4 is 12.0 Å². The van der Waals surface area contributed by atoms with E-state index in [-0.39, 0.29) is 5.91 Å². The molecule has 4 nitrogen and oxygen atoms in total. The van der Waals surface area contributed by atoms with Crippen molar-refractivity contribution in [3.8, 4) is 11.5 Å². The Labute approximate surface area is 126 Å². The fourth-order valence-corrected chi connectivity index (χ4v) is 2.49. The molecule has 0 spiro atoms. The second-order valence-corrected chi connectivity index (χ2v) is 5.22. The summed E-state index contributed by atoms with van der Waals surface area (Å²) in [5.41, 5.74) is 0.898. The summed E-state index contributed by atoms with van der Waals surface area (Å²) in [6, 6.07) is 5.58. The molecular formula is C17H23NO3. The normalized spacial score (nSPS) is 15.8. The van der Waals surface area contributed by atoms with Crippen LogP contribution >= 0.6 is 0 Å². The number of hydrogen-bond donors (Lipinski definition) is 0. The summed E-state index contributed by atoms with van der Waals surface area (Å²) >= 11 is 0. The Morgan fingerprint density at radius 3 is 2.10 bits per heavy atom. The van der Waals surface area contributed by atoms with E-state index in [0.717, 1.165) is 43.0 Å². The van der Waals surface area contributed by atoms with Crippen molar-refractivity contribution in [2.45, 2.75) is 25.7 Å². The molecular weight excluding hydrogens is 266 g/mol. The van der Waals surface area contributed by atoms with Crippen LogP contribution < -0.4 is 9.47 Å². The number of ether oxygens (including phenoxy) is 2. The summed E-state index contributed by atoms with van der Waals surface area (Å²) in [6.07, 6.45) is 8.11. The average Bonchev–Trinajstić information content (AvgIpc) is 2.81. The van der Waals surface area contributed by atoms with E-state index in [9.17, 15) is 4.79 Å². The molecule has 1 aromatic rings. The second kappa shape index (κ2) is 7.72. The highest BCUT2D eigenvalue weighted by Crippen LogP contribution is 2.23. The molecule has 21 heavy (non-hydrogen) atoms. The zero-order valence-electron chi connectivity index (χ0n) is 12.8. The monoisotopic (exact) mass is 289 g/mol. The zero-order chi connectivity index (χ0) is 15.1. The van der Waals surface area contributed by atoms with Gasteiger partial charge in [-0.1, -0.05) is 12.8 Å². The van der Waals surface area contributed by atoms with Gasteiger partial charge in [-0.05, 0) is 36.6 Å². The van der Waals surface area contributed by atoms with E-state index in [1.165, 1.54) is 12.8 Å². The van der Waals surface area contributed by atoms with Crippen molar-refractivity contribution < 1.29 is 14.3 Å². The Balaban J connectivity index is 2.07. The van der Waals surface area contributed by atoms with Gasteiger partial charge in [0.2, 0.25) is 5.91 Å². The lowest BCUT2D eigenvalue weighted by Crippen LogP contribution is -2.30. The SMILES string of the molecule is COc1cc(/C=C/C(=O)N2CCCCCC2)cc(OC)c1. The van der Waals surface area contributed by atoms with Gasteiger partial charge in [0.15, 0.2) is 0 Å². The van der Waals surface area contributed by atoms with Gasteiger partial charge in [-0.3, -0.25) is 4.79 Å². The van der Waals surface area contributed by atoms with Gasteiger partial charge in [0.05, 0.1) is 14.2 Å². The Morgan fingerprint density at radius 2 is 1.57 bits per heavy atom. The van der Waals surface area contributed by atoms with E-state index in [1.54, 1.807) is 20.3 Å². The molecule has 0 saturated carbocycles. The zero-order valence-corrected chi connectivity index (χ0v) is 12.8. The van der Waals surface area contributed by atoms with Crippen LogP contribution in [0.1, 0.15) is 31.2 Å². The molecule has 0 N–H and O–H groups in total. The minimum atomic E-state index is 0.0821. The molecule has 1 aliphatic heterocycles. The van der Waals surface area contributed by atoms with Crippen molar-refractivity contribution in [3.63, 3.8) is 0 Å². The van der Waals surface area contributed by atoms with Gasteiger partial charge in [0, 0.05) is 25.2 Å². The fraction of sp³-hybridized carbons (Fsp3) is 0.471. The highest BCUT2D eigenvalue weighted by Gasteiger charge is 2.12. The Morgan fingerprint density at radius 1 is 1.00 bits per heavy atom. The number of nitrogens with zero attached hydrogens (tertiary/aromatic N) is 1. The summed E-state index contributed by atoms with van der Waals surface area (Å²) in [5.74, 6) is 1.52. The third kappa shape index (κ3) is 4.52. The quantitative estimate of drug-likeness (QED) is 0.799. The van der Waals surface area contributed by atoms with Crippen molar-refractivity contribution in [1.82, 2.24) is 4.90 Å². The summed E-state index contributed by atoms with van der Waals surface area (Å²) in [4.78, 5) is 14.1. The molecule has 0 atom stereocenters. The van der Waals surface area contributed by atoms with Gasteiger partial charge >= 0.3 is 0 Å². The Kier molecular flexibility index (Phi) is 5.67. The maximum Gasteiger partial charge on any atom is 0.246 e. The molecule has 1 amide bonds. The smallest absolute Gasteiger partial charge is 0.246 e. The number of carbonyl (C=O) groups excluding carboxylic acids is 1. The van der Waals surface area contributed by atoms with E-state index in [4.69, 9.17) is 9.47 Å².